The van der Waals surface area contributed by atoms with Gasteiger partial charge in [-0.25, -0.2) is 14.8 Å². The summed E-state index contributed by atoms with van der Waals surface area (Å²) >= 11 is 1.68. The molecule has 0 saturated carbocycles. The zero-order valence-corrected chi connectivity index (χ0v) is 11.5. The highest BCUT2D eigenvalue weighted by Gasteiger charge is 2.17. The molecular formula is C13H15N3O2S. The van der Waals surface area contributed by atoms with Crippen molar-refractivity contribution in [1.82, 2.24) is 9.97 Å². The van der Waals surface area contributed by atoms with Crippen molar-refractivity contribution in [3.63, 3.8) is 0 Å². The monoisotopic (exact) mass is 277 g/mol. The number of hydrogen-bond acceptors (Lipinski definition) is 5. The van der Waals surface area contributed by atoms with E-state index in [1.165, 1.54) is 17.3 Å². The summed E-state index contributed by atoms with van der Waals surface area (Å²) in [6.45, 7) is 4.24. The quantitative estimate of drug-likeness (QED) is 0.878. The highest BCUT2D eigenvalue weighted by molar-refractivity contribution is 7.10. The minimum atomic E-state index is -1.07. The van der Waals surface area contributed by atoms with Crippen LogP contribution in [0.5, 0.6) is 0 Å². The molecule has 6 heteroatoms. The van der Waals surface area contributed by atoms with Crippen molar-refractivity contribution >= 4 is 23.1 Å². The third-order valence-corrected chi connectivity index (χ3v) is 3.65. The Morgan fingerprint density at radius 1 is 1.37 bits per heavy atom. The number of carbonyl (C=O) groups is 1. The summed E-state index contributed by atoms with van der Waals surface area (Å²) in [6.07, 6.45) is 2.71. The topological polar surface area (TPSA) is 75.1 Å². The van der Waals surface area contributed by atoms with E-state index in [-0.39, 0.29) is 11.7 Å². The fourth-order valence-electron chi connectivity index (χ4n) is 1.71. The van der Waals surface area contributed by atoms with Crippen LogP contribution in [0, 0.1) is 5.92 Å². The smallest absolute Gasteiger partial charge is 0.356 e. The molecule has 1 unspecified atom stereocenters. The lowest BCUT2D eigenvalue weighted by Gasteiger charge is -2.21. The van der Waals surface area contributed by atoms with E-state index in [4.69, 9.17) is 5.11 Å². The number of rotatable bonds is 5. The van der Waals surface area contributed by atoms with Crippen molar-refractivity contribution in [3.8, 4) is 0 Å². The summed E-state index contributed by atoms with van der Waals surface area (Å²) in [5, 5.41) is 14.1. The van der Waals surface area contributed by atoms with Crippen molar-refractivity contribution in [2.45, 2.75) is 19.9 Å². The van der Waals surface area contributed by atoms with Crippen LogP contribution in [0.2, 0.25) is 0 Å². The van der Waals surface area contributed by atoms with Gasteiger partial charge in [0.05, 0.1) is 18.4 Å². The van der Waals surface area contributed by atoms with E-state index in [9.17, 15) is 4.79 Å². The Morgan fingerprint density at radius 3 is 2.63 bits per heavy atom. The van der Waals surface area contributed by atoms with Crippen molar-refractivity contribution in [2.24, 2.45) is 5.92 Å². The molecule has 1 atom stereocenters. The highest BCUT2D eigenvalue weighted by Crippen LogP contribution is 2.28. The molecule has 2 N–H and O–H groups in total. The molecule has 5 nitrogen and oxygen atoms in total. The molecule has 0 fully saturated rings. The van der Waals surface area contributed by atoms with Crippen LogP contribution < -0.4 is 5.32 Å². The maximum Gasteiger partial charge on any atom is 0.356 e. The maximum absolute atomic E-state index is 10.7. The summed E-state index contributed by atoms with van der Waals surface area (Å²) in [5.74, 6) is -0.102. The van der Waals surface area contributed by atoms with Crippen LogP contribution in [-0.2, 0) is 0 Å². The summed E-state index contributed by atoms with van der Waals surface area (Å²) in [5.41, 5.74) is -0.0530. The molecule has 0 radical (unpaired) electrons. The Hall–Kier alpha value is -1.95. The Labute approximate surface area is 115 Å². The zero-order chi connectivity index (χ0) is 13.8. The van der Waals surface area contributed by atoms with E-state index >= 15 is 0 Å². The molecule has 19 heavy (non-hydrogen) atoms. The molecule has 0 saturated heterocycles. The number of aromatic carboxylic acids is 1. The Bertz CT molecular complexity index is 538. The molecular weight excluding hydrogens is 262 g/mol. The first kappa shape index (κ1) is 13.5. The van der Waals surface area contributed by atoms with Gasteiger partial charge in [0.2, 0.25) is 0 Å². The number of hydrogen-bond donors (Lipinski definition) is 2. The second-order valence-corrected chi connectivity index (χ2v) is 5.45. The Morgan fingerprint density at radius 2 is 2.16 bits per heavy atom. The first-order chi connectivity index (χ1) is 9.08. The van der Waals surface area contributed by atoms with Gasteiger partial charge in [0.25, 0.3) is 0 Å². The van der Waals surface area contributed by atoms with Crippen LogP contribution in [0.4, 0.5) is 5.82 Å². The van der Waals surface area contributed by atoms with Gasteiger partial charge in [0.15, 0.2) is 5.69 Å². The van der Waals surface area contributed by atoms with E-state index in [1.807, 2.05) is 11.4 Å². The predicted octanol–water partition coefficient (Wildman–Crippen LogP) is 3.05. The molecule has 0 aliphatic heterocycles. The molecule has 0 aromatic carbocycles. The number of nitrogens with zero attached hydrogens (tertiary/aromatic N) is 2. The Kier molecular flexibility index (Phi) is 4.11. The second kappa shape index (κ2) is 5.79. The number of nitrogens with one attached hydrogen (secondary N) is 1. The van der Waals surface area contributed by atoms with Crippen LogP contribution >= 0.6 is 11.3 Å². The van der Waals surface area contributed by atoms with Crippen LogP contribution in [-0.4, -0.2) is 21.0 Å². The Balaban J connectivity index is 2.16. The number of thiophene rings is 1. The second-order valence-electron chi connectivity index (χ2n) is 4.47. The summed E-state index contributed by atoms with van der Waals surface area (Å²) in [6, 6.07) is 4.22. The maximum atomic E-state index is 10.7. The first-order valence-corrected chi connectivity index (χ1v) is 6.81. The number of anilines is 1. The number of carboxylic acids is 1. The van der Waals surface area contributed by atoms with Gasteiger partial charge in [-0.05, 0) is 17.4 Å². The van der Waals surface area contributed by atoms with Gasteiger partial charge >= 0.3 is 5.97 Å². The third-order valence-electron chi connectivity index (χ3n) is 2.69. The van der Waals surface area contributed by atoms with Crippen molar-refractivity contribution in [1.29, 1.82) is 0 Å². The minimum Gasteiger partial charge on any atom is -0.476 e. The average Bonchev–Trinajstić information content (AvgIpc) is 2.89. The molecule has 0 spiro atoms. The lowest BCUT2D eigenvalue weighted by molar-refractivity contribution is 0.0690. The summed E-state index contributed by atoms with van der Waals surface area (Å²) < 4.78 is 0. The average molecular weight is 277 g/mol. The van der Waals surface area contributed by atoms with Crippen molar-refractivity contribution in [3.05, 3.63) is 40.5 Å². The molecule has 100 valence electrons. The molecule has 2 aromatic heterocycles. The van der Waals surface area contributed by atoms with Gasteiger partial charge in [-0.3, -0.25) is 0 Å². The van der Waals surface area contributed by atoms with E-state index in [2.05, 4.69) is 35.2 Å². The van der Waals surface area contributed by atoms with Crippen LogP contribution in [0.15, 0.2) is 29.9 Å². The molecule has 0 aliphatic rings. The molecule has 2 aromatic rings. The van der Waals surface area contributed by atoms with Gasteiger partial charge in [0, 0.05) is 4.88 Å². The number of aromatic nitrogens is 2. The highest BCUT2D eigenvalue weighted by atomic mass is 32.1. The molecule has 0 aliphatic carbocycles. The van der Waals surface area contributed by atoms with Gasteiger partial charge in [0.1, 0.15) is 5.82 Å². The minimum absolute atomic E-state index is 0.0530. The van der Waals surface area contributed by atoms with Crippen LogP contribution in [0.25, 0.3) is 0 Å². The zero-order valence-electron chi connectivity index (χ0n) is 10.7. The summed E-state index contributed by atoms with van der Waals surface area (Å²) in [4.78, 5) is 19.9. The third kappa shape index (κ3) is 3.29. The first-order valence-electron chi connectivity index (χ1n) is 5.93. The van der Waals surface area contributed by atoms with Crippen LogP contribution in [0.1, 0.15) is 35.3 Å². The van der Waals surface area contributed by atoms with E-state index < -0.39 is 5.97 Å². The SMILES string of the molecule is CC(C)C(Nc1cnc(C(=O)O)cn1)c1cccs1. The largest absolute Gasteiger partial charge is 0.476 e. The number of carboxylic acid groups (broad SMARTS) is 1. The lowest BCUT2D eigenvalue weighted by atomic mass is 10.0. The fourth-order valence-corrected chi connectivity index (χ4v) is 2.66. The van der Waals surface area contributed by atoms with Gasteiger partial charge in [-0.2, -0.15) is 0 Å². The van der Waals surface area contributed by atoms with Crippen molar-refractivity contribution in [2.75, 3.05) is 5.32 Å². The normalized spacial score (nSPS) is 12.4. The fraction of sp³-hybridized carbons (Fsp3) is 0.308. The van der Waals surface area contributed by atoms with E-state index in [0.29, 0.717) is 11.7 Å². The van der Waals surface area contributed by atoms with E-state index in [0.717, 1.165) is 0 Å². The molecule has 0 amide bonds. The predicted molar refractivity (Wildman–Crippen MR) is 74.5 cm³/mol. The lowest BCUT2D eigenvalue weighted by Crippen LogP contribution is -2.17. The molecule has 0 bridgehead atoms. The van der Waals surface area contributed by atoms with Gasteiger partial charge in [-0.15, -0.1) is 11.3 Å². The standard InChI is InChI=1S/C13H15N3O2S/c1-8(2)12(10-4-3-5-19-10)16-11-7-14-9(6-15-11)13(17)18/h3-8,12H,1-2H3,(H,15,16)(H,17,18). The summed E-state index contributed by atoms with van der Waals surface area (Å²) in [7, 11) is 0. The van der Waals surface area contributed by atoms with E-state index in [1.54, 1.807) is 11.3 Å². The molecule has 2 rings (SSSR count). The van der Waals surface area contributed by atoms with Crippen molar-refractivity contribution < 1.29 is 9.90 Å². The molecule has 2 heterocycles. The van der Waals surface area contributed by atoms with Gasteiger partial charge in [-0.1, -0.05) is 19.9 Å². The van der Waals surface area contributed by atoms with Crippen LogP contribution in [0.3, 0.4) is 0 Å². The van der Waals surface area contributed by atoms with Gasteiger partial charge < -0.3 is 10.4 Å².